The highest BCUT2D eigenvalue weighted by atomic mass is 16.5. The van der Waals surface area contributed by atoms with Crippen LogP contribution in [0, 0.1) is 0 Å². The molecule has 1 saturated heterocycles. The summed E-state index contributed by atoms with van der Waals surface area (Å²) in [5.74, 6) is 0. The predicted molar refractivity (Wildman–Crippen MR) is 33.3 cm³/mol. The van der Waals surface area contributed by atoms with Crippen LogP contribution in [0.25, 0.3) is 0 Å². The van der Waals surface area contributed by atoms with Gasteiger partial charge in [0.05, 0.1) is 19.3 Å². The molecule has 0 amide bonds. The summed E-state index contributed by atoms with van der Waals surface area (Å²) in [5.41, 5.74) is 0. The molecule has 1 unspecified atom stereocenters. The molecule has 3 heteroatoms. The Balaban J connectivity index is 2.31. The minimum absolute atomic E-state index is 0.0891. The van der Waals surface area contributed by atoms with Gasteiger partial charge in [-0.2, -0.15) is 0 Å². The monoisotopic (exact) mass is 129 g/mol. The van der Waals surface area contributed by atoms with Crippen LogP contribution in [0.5, 0.6) is 0 Å². The zero-order valence-electron chi connectivity index (χ0n) is 5.46. The van der Waals surface area contributed by atoms with Crippen molar-refractivity contribution in [1.29, 1.82) is 0 Å². The molecule has 0 spiro atoms. The normalized spacial score (nSPS) is 36.1. The maximum absolute atomic E-state index is 10.2. The van der Waals surface area contributed by atoms with Crippen molar-refractivity contribution >= 4 is 6.29 Å². The average molecular weight is 129 g/mol. The Labute approximate surface area is 54.4 Å². The third-order valence-electron chi connectivity index (χ3n) is 1.33. The molecule has 1 aliphatic rings. The number of carbonyl (C=O) groups is 1. The van der Waals surface area contributed by atoms with Gasteiger partial charge in [-0.05, 0) is 6.92 Å². The second-order valence-corrected chi connectivity index (χ2v) is 2.35. The zero-order valence-corrected chi connectivity index (χ0v) is 5.46. The van der Waals surface area contributed by atoms with Gasteiger partial charge in [0, 0.05) is 6.04 Å². The number of aldehydes is 1. The molecule has 0 saturated carbocycles. The van der Waals surface area contributed by atoms with Gasteiger partial charge in [0.15, 0.2) is 0 Å². The molecule has 9 heavy (non-hydrogen) atoms. The lowest BCUT2D eigenvalue weighted by molar-refractivity contribution is -0.112. The lowest BCUT2D eigenvalue weighted by Crippen LogP contribution is -2.48. The van der Waals surface area contributed by atoms with Gasteiger partial charge in [-0.1, -0.05) is 0 Å². The quantitative estimate of drug-likeness (QED) is 0.488. The molecule has 1 fully saturated rings. The fourth-order valence-electron chi connectivity index (χ4n) is 0.912. The smallest absolute Gasteiger partial charge is 0.139 e. The number of hydrogen-bond acceptors (Lipinski definition) is 3. The molecule has 0 aliphatic carbocycles. The highest BCUT2D eigenvalue weighted by Crippen LogP contribution is 1.95. The van der Waals surface area contributed by atoms with E-state index in [2.05, 4.69) is 5.32 Å². The van der Waals surface area contributed by atoms with E-state index in [0.29, 0.717) is 19.3 Å². The molecule has 2 atom stereocenters. The van der Waals surface area contributed by atoms with Crippen LogP contribution in [-0.4, -0.2) is 31.6 Å². The van der Waals surface area contributed by atoms with Crippen molar-refractivity contribution in [1.82, 2.24) is 5.32 Å². The van der Waals surface area contributed by atoms with E-state index in [1.54, 1.807) is 0 Å². The first-order valence-electron chi connectivity index (χ1n) is 3.12. The lowest BCUT2D eigenvalue weighted by atomic mass is 10.2. The first kappa shape index (κ1) is 6.71. The van der Waals surface area contributed by atoms with Crippen LogP contribution in [0.1, 0.15) is 6.92 Å². The number of carbonyl (C=O) groups excluding carboxylic acids is 1. The van der Waals surface area contributed by atoms with Crippen LogP contribution in [-0.2, 0) is 9.53 Å². The number of nitrogens with one attached hydrogen (secondary N) is 1. The molecule has 1 heterocycles. The molecular weight excluding hydrogens is 118 g/mol. The largest absolute Gasteiger partial charge is 0.378 e. The molecule has 3 nitrogen and oxygen atoms in total. The topological polar surface area (TPSA) is 38.3 Å². The van der Waals surface area contributed by atoms with Crippen molar-refractivity contribution in [3.63, 3.8) is 0 Å². The van der Waals surface area contributed by atoms with Crippen molar-refractivity contribution < 1.29 is 9.53 Å². The molecule has 0 bridgehead atoms. The van der Waals surface area contributed by atoms with E-state index in [0.717, 1.165) is 6.29 Å². The summed E-state index contributed by atoms with van der Waals surface area (Å²) < 4.78 is 5.09. The van der Waals surface area contributed by atoms with Crippen LogP contribution in [0.15, 0.2) is 0 Å². The van der Waals surface area contributed by atoms with Crippen LogP contribution >= 0.6 is 0 Å². The molecule has 1 aliphatic heterocycles. The number of morpholine rings is 1. The summed E-state index contributed by atoms with van der Waals surface area (Å²) in [6.45, 7) is 3.23. The lowest BCUT2D eigenvalue weighted by Gasteiger charge is -2.24. The fourth-order valence-corrected chi connectivity index (χ4v) is 0.912. The van der Waals surface area contributed by atoms with Crippen LogP contribution in [0.3, 0.4) is 0 Å². The van der Waals surface area contributed by atoms with E-state index < -0.39 is 0 Å². The highest BCUT2D eigenvalue weighted by molar-refractivity contribution is 5.57. The van der Waals surface area contributed by atoms with E-state index in [9.17, 15) is 4.79 Å². The van der Waals surface area contributed by atoms with Gasteiger partial charge in [0.2, 0.25) is 0 Å². The van der Waals surface area contributed by atoms with E-state index in [4.69, 9.17) is 4.74 Å². The molecule has 0 aromatic heterocycles. The average Bonchev–Trinajstić information content (AvgIpc) is 1.88. The Kier molecular flexibility index (Phi) is 2.19. The van der Waals surface area contributed by atoms with Gasteiger partial charge >= 0.3 is 0 Å². The molecule has 0 radical (unpaired) electrons. The Morgan fingerprint density at radius 1 is 1.67 bits per heavy atom. The molecule has 52 valence electrons. The predicted octanol–water partition coefficient (Wildman–Crippen LogP) is -0.438. The third kappa shape index (κ3) is 1.77. The van der Waals surface area contributed by atoms with Gasteiger partial charge in [-0.25, -0.2) is 0 Å². The summed E-state index contributed by atoms with van der Waals surface area (Å²) >= 11 is 0. The maximum Gasteiger partial charge on any atom is 0.139 e. The summed E-state index contributed by atoms with van der Waals surface area (Å²) in [5, 5.41) is 3.07. The number of hydrogen-bond donors (Lipinski definition) is 1. The van der Waals surface area contributed by atoms with Crippen molar-refractivity contribution in [3.8, 4) is 0 Å². The summed E-state index contributed by atoms with van der Waals surface area (Å²) in [4.78, 5) is 10.2. The highest BCUT2D eigenvalue weighted by Gasteiger charge is 2.16. The zero-order chi connectivity index (χ0) is 6.69. The van der Waals surface area contributed by atoms with Crippen LogP contribution in [0.4, 0.5) is 0 Å². The van der Waals surface area contributed by atoms with Gasteiger partial charge < -0.3 is 14.8 Å². The molecular formula is C6H11NO2. The number of ether oxygens (including phenoxy) is 1. The van der Waals surface area contributed by atoms with Crippen LogP contribution in [0.2, 0.25) is 0 Å². The summed E-state index contributed by atoms with van der Waals surface area (Å²) in [6.07, 6.45) is 0.885. The minimum Gasteiger partial charge on any atom is -0.378 e. The standard InChI is InChI=1S/C6H11NO2/c1-5-3-9-4-6(2-8)7-5/h2,5-7H,3-4H2,1H3/t5-,6?/m0/s1. The van der Waals surface area contributed by atoms with Gasteiger partial charge in [0.1, 0.15) is 6.29 Å². The van der Waals surface area contributed by atoms with Gasteiger partial charge in [0.25, 0.3) is 0 Å². The second kappa shape index (κ2) is 2.94. The van der Waals surface area contributed by atoms with E-state index in [1.807, 2.05) is 6.92 Å². The Morgan fingerprint density at radius 3 is 2.89 bits per heavy atom. The Hall–Kier alpha value is -0.410. The first-order valence-corrected chi connectivity index (χ1v) is 3.12. The van der Waals surface area contributed by atoms with Gasteiger partial charge in [-0.15, -0.1) is 0 Å². The maximum atomic E-state index is 10.2. The van der Waals surface area contributed by atoms with E-state index in [-0.39, 0.29) is 6.04 Å². The Bertz CT molecular complexity index is 105. The van der Waals surface area contributed by atoms with Crippen molar-refractivity contribution in [3.05, 3.63) is 0 Å². The third-order valence-corrected chi connectivity index (χ3v) is 1.33. The van der Waals surface area contributed by atoms with E-state index >= 15 is 0 Å². The minimum atomic E-state index is -0.0891. The second-order valence-electron chi connectivity index (χ2n) is 2.35. The SMILES string of the molecule is C[C@H]1COCC(C=O)N1. The summed E-state index contributed by atoms with van der Waals surface area (Å²) in [6, 6.07) is 0.225. The number of rotatable bonds is 1. The molecule has 1 rings (SSSR count). The van der Waals surface area contributed by atoms with Crippen molar-refractivity contribution in [2.24, 2.45) is 0 Å². The summed E-state index contributed by atoms with van der Waals surface area (Å²) in [7, 11) is 0. The van der Waals surface area contributed by atoms with Crippen molar-refractivity contribution in [2.45, 2.75) is 19.0 Å². The molecule has 0 aromatic carbocycles. The fraction of sp³-hybridized carbons (Fsp3) is 0.833. The van der Waals surface area contributed by atoms with Gasteiger partial charge in [-0.3, -0.25) is 0 Å². The molecule has 1 N–H and O–H groups in total. The van der Waals surface area contributed by atoms with Crippen LogP contribution < -0.4 is 5.32 Å². The van der Waals surface area contributed by atoms with E-state index in [1.165, 1.54) is 0 Å². The van der Waals surface area contributed by atoms with Crippen molar-refractivity contribution in [2.75, 3.05) is 13.2 Å². The first-order chi connectivity index (χ1) is 4.33. The Morgan fingerprint density at radius 2 is 2.44 bits per heavy atom. The molecule has 0 aromatic rings.